The van der Waals surface area contributed by atoms with E-state index in [2.05, 4.69) is 62.1 Å². The summed E-state index contributed by atoms with van der Waals surface area (Å²) >= 11 is 5.17. The van der Waals surface area contributed by atoms with E-state index >= 15 is 0 Å². The van der Waals surface area contributed by atoms with Gasteiger partial charge in [0, 0.05) is 33.9 Å². The van der Waals surface area contributed by atoms with Crippen molar-refractivity contribution in [2.24, 2.45) is 4.99 Å². The second-order valence-corrected chi connectivity index (χ2v) is 6.74. The summed E-state index contributed by atoms with van der Waals surface area (Å²) in [6, 6.07) is 8.30. The molecule has 118 valence electrons. The molecular weight excluding hydrogens is 362 g/mol. The summed E-state index contributed by atoms with van der Waals surface area (Å²) in [5.41, 5.74) is 2.29. The lowest BCUT2D eigenvalue weighted by Gasteiger charge is -2.13. The largest absolute Gasteiger partial charge is 0.496 e. The van der Waals surface area contributed by atoms with E-state index in [4.69, 9.17) is 4.74 Å². The minimum Gasteiger partial charge on any atom is -0.496 e. The van der Waals surface area contributed by atoms with Gasteiger partial charge in [0.25, 0.3) is 0 Å². The fraction of sp³-hybridized carbons (Fsp3) is 0.312. The number of rotatable bonds is 5. The zero-order chi connectivity index (χ0) is 15.9. The first-order chi connectivity index (χ1) is 10.6. The van der Waals surface area contributed by atoms with E-state index in [0.29, 0.717) is 6.54 Å². The van der Waals surface area contributed by atoms with Crippen molar-refractivity contribution in [3.8, 4) is 5.75 Å². The standard InChI is InChI=1S/C16H20BrN3OS/c1-11-4-5-12(15(6-11)21-3)8-19-16(18-2)20-9-14-7-13(17)10-22-14/h4-7,10H,8-9H2,1-3H3,(H2,18,19,20). The summed E-state index contributed by atoms with van der Waals surface area (Å²) in [7, 11) is 3.46. The molecule has 2 aromatic rings. The van der Waals surface area contributed by atoms with Crippen LogP contribution in [0.15, 0.2) is 39.1 Å². The van der Waals surface area contributed by atoms with Gasteiger partial charge in [-0.15, -0.1) is 11.3 Å². The fourth-order valence-electron chi connectivity index (χ4n) is 2.01. The van der Waals surface area contributed by atoms with E-state index < -0.39 is 0 Å². The third-order valence-electron chi connectivity index (χ3n) is 3.16. The van der Waals surface area contributed by atoms with E-state index in [1.807, 2.05) is 6.07 Å². The number of hydrogen-bond acceptors (Lipinski definition) is 3. The van der Waals surface area contributed by atoms with Crippen LogP contribution in [0.5, 0.6) is 5.75 Å². The van der Waals surface area contributed by atoms with Gasteiger partial charge in [0.05, 0.1) is 13.7 Å². The van der Waals surface area contributed by atoms with Crippen LogP contribution < -0.4 is 15.4 Å². The Balaban J connectivity index is 1.91. The van der Waals surface area contributed by atoms with Crippen LogP contribution in [0.1, 0.15) is 16.0 Å². The molecule has 0 spiro atoms. The van der Waals surface area contributed by atoms with E-state index in [9.17, 15) is 0 Å². The number of ether oxygens (including phenoxy) is 1. The highest BCUT2D eigenvalue weighted by molar-refractivity contribution is 9.10. The van der Waals surface area contributed by atoms with Crippen LogP contribution in [-0.4, -0.2) is 20.1 Å². The number of nitrogens with zero attached hydrogens (tertiary/aromatic N) is 1. The topological polar surface area (TPSA) is 45.7 Å². The molecule has 22 heavy (non-hydrogen) atoms. The average molecular weight is 382 g/mol. The van der Waals surface area contributed by atoms with Gasteiger partial charge in [0.1, 0.15) is 5.75 Å². The molecule has 0 unspecified atom stereocenters. The second kappa shape index (κ2) is 8.19. The van der Waals surface area contributed by atoms with Gasteiger partial charge in [0.2, 0.25) is 0 Å². The van der Waals surface area contributed by atoms with Crippen molar-refractivity contribution in [1.29, 1.82) is 0 Å². The summed E-state index contributed by atoms with van der Waals surface area (Å²) in [5.74, 6) is 1.66. The molecule has 1 heterocycles. The molecule has 0 aliphatic rings. The molecule has 6 heteroatoms. The molecule has 0 saturated carbocycles. The molecule has 1 aromatic heterocycles. The molecular formula is C16H20BrN3OS. The lowest BCUT2D eigenvalue weighted by Crippen LogP contribution is -2.36. The monoisotopic (exact) mass is 381 g/mol. The van der Waals surface area contributed by atoms with Crippen LogP contribution in [0, 0.1) is 6.92 Å². The zero-order valence-electron chi connectivity index (χ0n) is 12.9. The fourth-order valence-corrected chi connectivity index (χ4v) is 3.41. The van der Waals surface area contributed by atoms with Gasteiger partial charge in [-0.25, -0.2) is 0 Å². The maximum absolute atomic E-state index is 5.42. The summed E-state index contributed by atoms with van der Waals surface area (Å²) in [6.45, 7) is 3.47. The average Bonchev–Trinajstić information content (AvgIpc) is 2.94. The highest BCUT2D eigenvalue weighted by atomic mass is 79.9. The summed E-state index contributed by atoms with van der Waals surface area (Å²) in [5, 5.41) is 8.69. The Morgan fingerprint density at radius 3 is 2.68 bits per heavy atom. The van der Waals surface area contributed by atoms with Crippen LogP contribution in [0.2, 0.25) is 0 Å². The molecule has 0 amide bonds. The van der Waals surface area contributed by atoms with E-state index in [-0.39, 0.29) is 0 Å². The Hall–Kier alpha value is -1.53. The van der Waals surface area contributed by atoms with Crippen molar-refractivity contribution in [3.63, 3.8) is 0 Å². The number of benzene rings is 1. The van der Waals surface area contributed by atoms with Crippen molar-refractivity contribution in [2.75, 3.05) is 14.2 Å². The molecule has 2 rings (SSSR count). The Morgan fingerprint density at radius 1 is 1.27 bits per heavy atom. The minimum atomic E-state index is 0.664. The zero-order valence-corrected chi connectivity index (χ0v) is 15.3. The molecule has 4 nitrogen and oxygen atoms in total. The molecule has 1 aromatic carbocycles. The highest BCUT2D eigenvalue weighted by Gasteiger charge is 2.05. The lowest BCUT2D eigenvalue weighted by molar-refractivity contribution is 0.408. The van der Waals surface area contributed by atoms with Crippen molar-refractivity contribution in [2.45, 2.75) is 20.0 Å². The van der Waals surface area contributed by atoms with Gasteiger partial charge in [-0.05, 0) is 40.5 Å². The summed E-state index contributed by atoms with van der Waals surface area (Å²) in [6.07, 6.45) is 0. The predicted octanol–water partition coefficient (Wildman–Crippen LogP) is 3.69. The third kappa shape index (κ3) is 4.74. The highest BCUT2D eigenvalue weighted by Crippen LogP contribution is 2.20. The second-order valence-electron chi connectivity index (χ2n) is 4.83. The molecule has 2 N–H and O–H groups in total. The van der Waals surface area contributed by atoms with Gasteiger partial charge in [-0.2, -0.15) is 0 Å². The number of methoxy groups -OCH3 is 1. The van der Waals surface area contributed by atoms with E-state index in [0.717, 1.165) is 28.3 Å². The molecule has 0 radical (unpaired) electrons. The number of aliphatic imine (C=N–C) groups is 1. The number of nitrogens with one attached hydrogen (secondary N) is 2. The number of halogens is 1. The van der Waals surface area contributed by atoms with Crippen molar-refractivity contribution in [1.82, 2.24) is 10.6 Å². The van der Waals surface area contributed by atoms with Crippen LogP contribution >= 0.6 is 27.3 Å². The first kappa shape index (κ1) is 16.8. The first-order valence-electron chi connectivity index (χ1n) is 6.93. The van der Waals surface area contributed by atoms with Crippen LogP contribution in [0.25, 0.3) is 0 Å². The maximum Gasteiger partial charge on any atom is 0.191 e. The Labute approximate surface area is 143 Å². The van der Waals surface area contributed by atoms with Gasteiger partial charge < -0.3 is 15.4 Å². The van der Waals surface area contributed by atoms with E-state index in [1.165, 1.54) is 10.4 Å². The Bertz CT molecular complexity index is 655. The predicted molar refractivity (Wildman–Crippen MR) is 96.8 cm³/mol. The summed E-state index contributed by atoms with van der Waals surface area (Å²) in [4.78, 5) is 5.50. The Kier molecular flexibility index (Phi) is 6.27. The smallest absolute Gasteiger partial charge is 0.191 e. The normalized spacial score (nSPS) is 11.4. The van der Waals surface area contributed by atoms with Crippen LogP contribution in [0.4, 0.5) is 0 Å². The summed E-state index contributed by atoms with van der Waals surface area (Å²) < 4.78 is 6.53. The molecule has 0 saturated heterocycles. The number of thiophene rings is 1. The van der Waals surface area contributed by atoms with Crippen molar-refractivity contribution in [3.05, 3.63) is 50.1 Å². The van der Waals surface area contributed by atoms with Crippen molar-refractivity contribution >= 4 is 33.2 Å². The minimum absolute atomic E-state index is 0.664. The molecule has 0 atom stereocenters. The van der Waals surface area contributed by atoms with Gasteiger partial charge in [-0.1, -0.05) is 12.1 Å². The van der Waals surface area contributed by atoms with Gasteiger partial charge in [0.15, 0.2) is 5.96 Å². The van der Waals surface area contributed by atoms with Crippen LogP contribution in [-0.2, 0) is 13.1 Å². The van der Waals surface area contributed by atoms with E-state index in [1.54, 1.807) is 25.5 Å². The molecule has 0 aliphatic carbocycles. The van der Waals surface area contributed by atoms with Gasteiger partial charge in [-0.3, -0.25) is 4.99 Å². The maximum atomic E-state index is 5.42. The molecule has 0 bridgehead atoms. The quantitative estimate of drug-likeness (QED) is 0.613. The number of hydrogen-bond donors (Lipinski definition) is 2. The SMILES string of the molecule is CN=C(NCc1cc(Br)cs1)NCc1ccc(C)cc1OC. The number of guanidine groups is 1. The first-order valence-corrected chi connectivity index (χ1v) is 8.60. The third-order valence-corrected chi connectivity index (χ3v) is 4.86. The van der Waals surface area contributed by atoms with Gasteiger partial charge >= 0.3 is 0 Å². The Morgan fingerprint density at radius 2 is 2.05 bits per heavy atom. The molecule has 0 aliphatic heterocycles. The van der Waals surface area contributed by atoms with Crippen molar-refractivity contribution < 1.29 is 4.74 Å². The van der Waals surface area contributed by atoms with Crippen LogP contribution in [0.3, 0.4) is 0 Å². The lowest BCUT2D eigenvalue weighted by atomic mass is 10.1. The number of aryl methyl sites for hydroxylation is 1. The molecule has 0 fully saturated rings.